The molecule has 0 spiro atoms. The molecule has 0 heterocycles. The number of rotatable bonds is 3. The van der Waals surface area contributed by atoms with E-state index in [2.05, 4.69) is 5.32 Å². The first kappa shape index (κ1) is 16.1. The lowest BCUT2D eigenvalue weighted by Gasteiger charge is -2.32. The summed E-state index contributed by atoms with van der Waals surface area (Å²) in [4.78, 5) is 25.7. The molecule has 0 aliphatic heterocycles. The molecule has 0 radical (unpaired) electrons. The van der Waals surface area contributed by atoms with Crippen molar-refractivity contribution in [2.75, 3.05) is 7.05 Å². The second-order valence-corrected chi connectivity index (χ2v) is 6.87. The van der Waals surface area contributed by atoms with E-state index in [1.807, 2.05) is 7.05 Å². The van der Waals surface area contributed by atoms with Gasteiger partial charge in [-0.25, -0.2) is 4.79 Å². The van der Waals surface area contributed by atoms with Crippen LogP contribution >= 0.6 is 0 Å². The van der Waals surface area contributed by atoms with E-state index in [0.717, 1.165) is 25.7 Å². The highest BCUT2D eigenvalue weighted by Gasteiger charge is 2.46. The van der Waals surface area contributed by atoms with Crippen LogP contribution in [0.25, 0.3) is 0 Å². The van der Waals surface area contributed by atoms with E-state index in [9.17, 15) is 14.7 Å². The second kappa shape index (κ2) is 6.67. The molecule has 2 N–H and O–H groups in total. The first-order chi connectivity index (χ1) is 9.95. The molecule has 0 bridgehead atoms. The maximum Gasteiger partial charge on any atom is 0.317 e. The summed E-state index contributed by atoms with van der Waals surface area (Å²) in [6, 6.07) is -0.0676. The van der Waals surface area contributed by atoms with Gasteiger partial charge in [0.05, 0.1) is 5.41 Å². The van der Waals surface area contributed by atoms with Gasteiger partial charge in [0.2, 0.25) is 0 Å². The highest BCUT2D eigenvalue weighted by molar-refractivity contribution is 5.79. The van der Waals surface area contributed by atoms with Crippen molar-refractivity contribution < 1.29 is 14.7 Å². The lowest BCUT2D eigenvalue weighted by Crippen LogP contribution is -2.52. The Kier molecular flexibility index (Phi) is 5.12. The van der Waals surface area contributed by atoms with Gasteiger partial charge in [-0.15, -0.1) is 0 Å². The zero-order valence-corrected chi connectivity index (χ0v) is 13.2. The molecule has 0 aromatic heterocycles. The number of aliphatic carboxylic acids is 1. The van der Waals surface area contributed by atoms with Crippen LogP contribution in [0.2, 0.25) is 0 Å². The van der Waals surface area contributed by atoms with Gasteiger partial charge >= 0.3 is 12.0 Å². The van der Waals surface area contributed by atoms with Crippen LogP contribution in [0.15, 0.2) is 0 Å². The third-order valence-corrected chi connectivity index (χ3v) is 5.44. The van der Waals surface area contributed by atoms with Crippen LogP contribution in [0.3, 0.4) is 0 Å². The summed E-state index contributed by atoms with van der Waals surface area (Å²) in [7, 11) is 1.85. The lowest BCUT2D eigenvalue weighted by molar-refractivity contribution is -0.148. The number of urea groups is 1. The molecule has 21 heavy (non-hydrogen) atoms. The van der Waals surface area contributed by atoms with Gasteiger partial charge in [0.15, 0.2) is 0 Å². The Hall–Kier alpha value is -1.26. The standard InChI is InChI=1S/C16H28N2O3/c1-16(14(19)20)11-7-10-13(16)17-15(21)18(2)12-8-5-3-4-6-9-12/h12-13H,3-11H2,1-2H3,(H,17,21)(H,19,20). The molecule has 0 aromatic rings. The molecule has 2 unspecified atom stereocenters. The summed E-state index contributed by atoms with van der Waals surface area (Å²) >= 11 is 0. The normalized spacial score (nSPS) is 30.7. The number of carbonyl (C=O) groups is 2. The highest BCUT2D eigenvalue weighted by atomic mass is 16.4. The van der Waals surface area contributed by atoms with Gasteiger partial charge in [0.1, 0.15) is 0 Å². The number of hydrogen-bond donors (Lipinski definition) is 2. The van der Waals surface area contributed by atoms with Crippen molar-refractivity contribution in [3.05, 3.63) is 0 Å². The lowest BCUT2D eigenvalue weighted by atomic mass is 9.85. The molecule has 5 heteroatoms. The predicted octanol–water partition coefficient (Wildman–Crippen LogP) is 2.99. The SMILES string of the molecule is CN(C(=O)NC1CCCC1(C)C(=O)O)C1CCCCCC1. The Morgan fingerprint density at radius 1 is 1.10 bits per heavy atom. The number of carboxylic acid groups (broad SMARTS) is 1. The van der Waals surface area contributed by atoms with Gasteiger partial charge in [0.25, 0.3) is 0 Å². The van der Waals surface area contributed by atoms with Crippen molar-refractivity contribution in [2.45, 2.75) is 76.8 Å². The van der Waals surface area contributed by atoms with Gasteiger partial charge < -0.3 is 15.3 Å². The fourth-order valence-corrected chi connectivity index (χ4v) is 3.72. The number of nitrogens with one attached hydrogen (secondary N) is 1. The predicted molar refractivity (Wildman–Crippen MR) is 81.2 cm³/mol. The van der Waals surface area contributed by atoms with E-state index < -0.39 is 11.4 Å². The molecule has 2 fully saturated rings. The fraction of sp³-hybridized carbons (Fsp3) is 0.875. The minimum atomic E-state index is -0.819. The molecular formula is C16H28N2O3. The number of hydrogen-bond acceptors (Lipinski definition) is 2. The number of nitrogens with zero attached hydrogens (tertiary/aromatic N) is 1. The Balaban J connectivity index is 1.95. The molecule has 0 aromatic carbocycles. The van der Waals surface area contributed by atoms with Crippen LogP contribution in [0, 0.1) is 5.41 Å². The van der Waals surface area contributed by atoms with Crippen molar-refractivity contribution in [1.29, 1.82) is 0 Å². The molecule has 2 aliphatic rings. The maximum absolute atomic E-state index is 12.4. The maximum atomic E-state index is 12.4. The molecule has 2 atom stereocenters. The monoisotopic (exact) mass is 296 g/mol. The Morgan fingerprint density at radius 3 is 2.29 bits per heavy atom. The smallest absolute Gasteiger partial charge is 0.317 e. The third kappa shape index (κ3) is 3.50. The number of carboxylic acids is 1. The van der Waals surface area contributed by atoms with E-state index in [-0.39, 0.29) is 12.1 Å². The second-order valence-electron chi connectivity index (χ2n) is 6.87. The Morgan fingerprint density at radius 2 is 1.71 bits per heavy atom. The fourth-order valence-electron chi connectivity index (χ4n) is 3.72. The zero-order chi connectivity index (χ0) is 15.5. The molecule has 2 amide bonds. The molecule has 5 nitrogen and oxygen atoms in total. The molecule has 0 saturated heterocycles. The van der Waals surface area contributed by atoms with E-state index in [4.69, 9.17) is 0 Å². The molecule has 2 aliphatic carbocycles. The van der Waals surface area contributed by atoms with Crippen LogP contribution in [-0.4, -0.2) is 41.1 Å². The number of carbonyl (C=O) groups excluding carboxylic acids is 1. The van der Waals surface area contributed by atoms with Crippen LogP contribution < -0.4 is 5.32 Å². The quantitative estimate of drug-likeness (QED) is 0.787. The van der Waals surface area contributed by atoms with Gasteiger partial charge in [-0.2, -0.15) is 0 Å². The average Bonchev–Trinajstić information content (AvgIpc) is 2.68. The van der Waals surface area contributed by atoms with Crippen molar-refractivity contribution in [2.24, 2.45) is 5.41 Å². The van der Waals surface area contributed by atoms with E-state index in [1.54, 1.807) is 11.8 Å². The first-order valence-corrected chi connectivity index (χ1v) is 8.22. The largest absolute Gasteiger partial charge is 0.481 e. The zero-order valence-electron chi connectivity index (χ0n) is 13.2. The van der Waals surface area contributed by atoms with E-state index in [1.165, 1.54) is 25.7 Å². The Labute approximate surface area is 127 Å². The summed E-state index contributed by atoms with van der Waals surface area (Å²) in [5, 5.41) is 12.4. The molecular weight excluding hydrogens is 268 g/mol. The van der Waals surface area contributed by atoms with Crippen molar-refractivity contribution in [3.8, 4) is 0 Å². The van der Waals surface area contributed by atoms with Crippen LogP contribution in [-0.2, 0) is 4.79 Å². The highest BCUT2D eigenvalue weighted by Crippen LogP contribution is 2.38. The minimum Gasteiger partial charge on any atom is -0.481 e. The van der Waals surface area contributed by atoms with E-state index in [0.29, 0.717) is 12.5 Å². The van der Waals surface area contributed by atoms with Crippen molar-refractivity contribution in [1.82, 2.24) is 10.2 Å². The minimum absolute atomic E-state index is 0.110. The number of amides is 2. The topological polar surface area (TPSA) is 69.6 Å². The molecule has 2 saturated carbocycles. The molecule has 2 rings (SSSR count). The summed E-state index contributed by atoms with van der Waals surface area (Å²) in [5.41, 5.74) is -0.819. The average molecular weight is 296 g/mol. The van der Waals surface area contributed by atoms with E-state index >= 15 is 0 Å². The third-order valence-electron chi connectivity index (χ3n) is 5.44. The summed E-state index contributed by atoms with van der Waals surface area (Å²) < 4.78 is 0. The first-order valence-electron chi connectivity index (χ1n) is 8.22. The van der Waals surface area contributed by atoms with Crippen molar-refractivity contribution in [3.63, 3.8) is 0 Å². The summed E-state index contributed by atoms with van der Waals surface area (Å²) in [5.74, 6) is -0.803. The van der Waals surface area contributed by atoms with Crippen LogP contribution in [0.5, 0.6) is 0 Å². The van der Waals surface area contributed by atoms with Gasteiger partial charge in [-0.1, -0.05) is 32.1 Å². The van der Waals surface area contributed by atoms with Crippen LogP contribution in [0.4, 0.5) is 4.79 Å². The van der Waals surface area contributed by atoms with Gasteiger partial charge in [0, 0.05) is 19.1 Å². The van der Waals surface area contributed by atoms with Gasteiger partial charge in [-0.05, 0) is 32.6 Å². The summed E-state index contributed by atoms with van der Waals surface area (Å²) in [6.07, 6.45) is 9.25. The Bertz CT molecular complexity index is 391. The molecule has 120 valence electrons. The van der Waals surface area contributed by atoms with Crippen LogP contribution in [0.1, 0.15) is 64.7 Å². The summed E-state index contributed by atoms with van der Waals surface area (Å²) in [6.45, 7) is 1.75. The van der Waals surface area contributed by atoms with Gasteiger partial charge in [-0.3, -0.25) is 4.79 Å². The van der Waals surface area contributed by atoms with Crippen molar-refractivity contribution >= 4 is 12.0 Å².